The van der Waals surface area contributed by atoms with Crippen molar-refractivity contribution >= 4 is 5.91 Å². The lowest BCUT2D eigenvalue weighted by atomic mass is 10.0. The van der Waals surface area contributed by atoms with Crippen LogP contribution in [-0.4, -0.2) is 29.4 Å². The fourth-order valence-electron chi connectivity index (χ4n) is 3.21. The van der Waals surface area contributed by atoms with Crippen molar-refractivity contribution in [1.29, 1.82) is 0 Å². The van der Waals surface area contributed by atoms with E-state index in [1.54, 1.807) is 0 Å². The summed E-state index contributed by atoms with van der Waals surface area (Å²) >= 11 is 0. The molecule has 1 N–H and O–H groups in total. The van der Waals surface area contributed by atoms with Crippen molar-refractivity contribution in [1.82, 2.24) is 10.2 Å². The van der Waals surface area contributed by atoms with E-state index >= 15 is 0 Å². The third kappa shape index (κ3) is 2.27. The zero-order chi connectivity index (χ0) is 12.4. The maximum Gasteiger partial charge on any atom is 0.223 e. The Morgan fingerprint density at radius 3 is 2.89 bits per heavy atom. The molecule has 3 nitrogen and oxygen atoms in total. The van der Waals surface area contributed by atoms with Gasteiger partial charge in [0.1, 0.15) is 0 Å². The lowest BCUT2D eigenvalue weighted by molar-refractivity contribution is -0.133. The molecule has 1 aromatic rings. The quantitative estimate of drug-likeness (QED) is 0.862. The predicted octanol–water partition coefficient (Wildman–Crippen LogP) is 1.93. The van der Waals surface area contributed by atoms with Crippen molar-refractivity contribution < 1.29 is 4.79 Å². The number of amides is 1. The summed E-state index contributed by atoms with van der Waals surface area (Å²) in [6.07, 6.45) is 3.98. The predicted molar refractivity (Wildman–Crippen MR) is 71.0 cm³/mol. The van der Waals surface area contributed by atoms with Crippen molar-refractivity contribution in [3.63, 3.8) is 0 Å². The normalized spacial score (nSPS) is 28.0. The Kier molecular flexibility index (Phi) is 3.33. The van der Waals surface area contributed by atoms with Gasteiger partial charge in [0.2, 0.25) is 5.91 Å². The molecule has 0 bridgehead atoms. The van der Waals surface area contributed by atoms with Crippen LogP contribution in [0.3, 0.4) is 0 Å². The summed E-state index contributed by atoms with van der Waals surface area (Å²) in [4.78, 5) is 14.4. The monoisotopic (exact) mass is 244 g/mol. The number of rotatable bonds is 2. The second-order valence-electron chi connectivity index (χ2n) is 5.32. The Balaban J connectivity index is 1.80. The van der Waals surface area contributed by atoms with Gasteiger partial charge in [0.15, 0.2) is 0 Å². The Bertz CT molecular complexity index is 418. The van der Waals surface area contributed by atoms with Crippen molar-refractivity contribution in [3.05, 3.63) is 35.9 Å². The van der Waals surface area contributed by atoms with Crippen LogP contribution >= 0.6 is 0 Å². The second kappa shape index (κ2) is 5.11. The molecule has 2 atom stereocenters. The average Bonchev–Trinajstić information content (AvgIpc) is 2.80. The molecule has 2 aliphatic rings. The minimum absolute atomic E-state index is 0.329. The van der Waals surface area contributed by atoms with E-state index in [1.165, 1.54) is 5.56 Å². The maximum absolute atomic E-state index is 12.3. The molecule has 1 aromatic carbocycles. The van der Waals surface area contributed by atoms with Crippen LogP contribution in [0.1, 0.15) is 31.2 Å². The molecule has 0 spiro atoms. The van der Waals surface area contributed by atoms with Crippen LogP contribution in [0.5, 0.6) is 0 Å². The van der Waals surface area contributed by atoms with Gasteiger partial charge in [-0.2, -0.15) is 0 Å². The first-order valence-electron chi connectivity index (χ1n) is 6.91. The number of hydrogen-bond donors (Lipinski definition) is 1. The van der Waals surface area contributed by atoms with Crippen LogP contribution in [0, 0.1) is 0 Å². The Morgan fingerprint density at radius 1 is 1.22 bits per heavy atom. The van der Waals surface area contributed by atoms with Crippen molar-refractivity contribution in [3.8, 4) is 0 Å². The zero-order valence-corrected chi connectivity index (χ0v) is 10.6. The molecular formula is C15H20N2O. The zero-order valence-electron chi connectivity index (χ0n) is 10.6. The number of nitrogens with zero attached hydrogens (tertiary/aromatic N) is 1. The highest BCUT2D eigenvalue weighted by molar-refractivity contribution is 5.77. The van der Waals surface area contributed by atoms with E-state index in [2.05, 4.69) is 22.3 Å². The Morgan fingerprint density at radius 2 is 2.06 bits per heavy atom. The molecular weight excluding hydrogens is 224 g/mol. The van der Waals surface area contributed by atoms with E-state index in [4.69, 9.17) is 0 Å². The third-order valence-electron chi connectivity index (χ3n) is 4.13. The molecule has 96 valence electrons. The van der Waals surface area contributed by atoms with Crippen molar-refractivity contribution in [2.45, 2.75) is 44.3 Å². The lowest BCUT2D eigenvalue weighted by Crippen LogP contribution is -2.44. The second-order valence-corrected chi connectivity index (χ2v) is 5.32. The number of carbonyl (C=O) groups is 1. The van der Waals surface area contributed by atoms with Gasteiger partial charge >= 0.3 is 0 Å². The summed E-state index contributed by atoms with van der Waals surface area (Å²) in [6.45, 7) is 1.82. The standard InChI is InChI=1S/C15H20N2O/c18-15-8-4-7-13-14(9-10-16-13)17(15)11-12-5-2-1-3-6-12/h1-3,5-6,13-14,16H,4,7-11H2. The van der Waals surface area contributed by atoms with Gasteiger partial charge < -0.3 is 10.2 Å². The van der Waals surface area contributed by atoms with Crippen LogP contribution in [0.2, 0.25) is 0 Å². The molecule has 0 aliphatic carbocycles. The highest BCUT2D eigenvalue weighted by Crippen LogP contribution is 2.26. The molecule has 0 aromatic heterocycles. The SMILES string of the molecule is O=C1CCCC2NCCC2N1Cc1ccccc1. The van der Waals surface area contributed by atoms with Gasteiger partial charge in [-0.25, -0.2) is 0 Å². The number of benzene rings is 1. The third-order valence-corrected chi connectivity index (χ3v) is 4.13. The van der Waals surface area contributed by atoms with E-state index < -0.39 is 0 Å². The number of nitrogens with one attached hydrogen (secondary N) is 1. The molecule has 3 rings (SSSR count). The summed E-state index contributed by atoms with van der Waals surface area (Å²) in [6, 6.07) is 11.2. The molecule has 2 saturated heterocycles. The highest BCUT2D eigenvalue weighted by Gasteiger charge is 2.36. The van der Waals surface area contributed by atoms with E-state index in [0.717, 1.165) is 32.4 Å². The Labute approximate surface area is 108 Å². The molecule has 2 fully saturated rings. The van der Waals surface area contributed by atoms with Crippen molar-refractivity contribution in [2.24, 2.45) is 0 Å². The number of likely N-dealkylation sites (tertiary alicyclic amines) is 1. The van der Waals surface area contributed by atoms with E-state index in [-0.39, 0.29) is 0 Å². The van der Waals surface area contributed by atoms with Gasteiger partial charge in [-0.1, -0.05) is 30.3 Å². The van der Waals surface area contributed by atoms with Gasteiger partial charge in [-0.15, -0.1) is 0 Å². The number of carbonyl (C=O) groups excluding carboxylic acids is 1. The fourth-order valence-corrected chi connectivity index (χ4v) is 3.21. The minimum atomic E-state index is 0.329. The molecule has 0 radical (unpaired) electrons. The van der Waals surface area contributed by atoms with Crippen LogP contribution in [0.25, 0.3) is 0 Å². The van der Waals surface area contributed by atoms with Gasteiger partial charge in [0.05, 0.1) is 0 Å². The Hall–Kier alpha value is -1.35. The van der Waals surface area contributed by atoms with Crippen LogP contribution in [-0.2, 0) is 11.3 Å². The average molecular weight is 244 g/mol. The van der Waals surface area contributed by atoms with Crippen LogP contribution in [0.15, 0.2) is 30.3 Å². The van der Waals surface area contributed by atoms with Crippen molar-refractivity contribution in [2.75, 3.05) is 6.54 Å². The molecule has 0 saturated carbocycles. The summed E-state index contributed by atoms with van der Waals surface area (Å²) in [5.74, 6) is 0.329. The first-order valence-corrected chi connectivity index (χ1v) is 6.91. The van der Waals surface area contributed by atoms with E-state index in [0.29, 0.717) is 24.4 Å². The molecule has 18 heavy (non-hydrogen) atoms. The number of fused-ring (bicyclic) bond motifs is 1. The molecule has 2 heterocycles. The van der Waals surface area contributed by atoms with Gasteiger partial charge in [-0.05, 0) is 31.4 Å². The molecule has 3 heteroatoms. The summed E-state index contributed by atoms with van der Waals surface area (Å²) in [7, 11) is 0. The van der Waals surface area contributed by atoms with Gasteiger partial charge in [0.25, 0.3) is 0 Å². The largest absolute Gasteiger partial charge is 0.334 e. The molecule has 2 aliphatic heterocycles. The van der Waals surface area contributed by atoms with Crippen LogP contribution in [0.4, 0.5) is 0 Å². The summed E-state index contributed by atoms with van der Waals surface area (Å²) < 4.78 is 0. The van der Waals surface area contributed by atoms with Crippen LogP contribution < -0.4 is 5.32 Å². The highest BCUT2D eigenvalue weighted by atomic mass is 16.2. The first-order chi connectivity index (χ1) is 8.84. The molecule has 1 amide bonds. The molecule has 2 unspecified atom stereocenters. The van der Waals surface area contributed by atoms with Gasteiger partial charge in [0, 0.05) is 25.0 Å². The summed E-state index contributed by atoms with van der Waals surface area (Å²) in [5.41, 5.74) is 1.23. The van der Waals surface area contributed by atoms with Gasteiger partial charge in [-0.3, -0.25) is 4.79 Å². The summed E-state index contributed by atoms with van der Waals surface area (Å²) in [5, 5.41) is 3.54. The smallest absolute Gasteiger partial charge is 0.223 e. The fraction of sp³-hybridized carbons (Fsp3) is 0.533. The lowest BCUT2D eigenvalue weighted by Gasteiger charge is -2.30. The minimum Gasteiger partial charge on any atom is -0.334 e. The topological polar surface area (TPSA) is 32.3 Å². The maximum atomic E-state index is 12.3. The first kappa shape index (κ1) is 11.7. The van der Waals surface area contributed by atoms with E-state index in [9.17, 15) is 4.79 Å². The number of hydrogen-bond acceptors (Lipinski definition) is 2. The van der Waals surface area contributed by atoms with E-state index in [1.807, 2.05) is 18.2 Å².